The molecule has 0 amide bonds. The molecule has 6 nitrogen and oxygen atoms in total. The summed E-state index contributed by atoms with van der Waals surface area (Å²) in [5, 5.41) is 10.8. The summed E-state index contributed by atoms with van der Waals surface area (Å²) in [7, 11) is 0. The van der Waals surface area contributed by atoms with E-state index < -0.39 is 10.5 Å². The SMILES string of the molecule is CCOc1cc(OCC(C)(C)N)cc([N+](=O)[O-])c1. The van der Waals surface area contributed by atoms with Crippen LogP contribution in [0.4, 0.5) is 5.69 Å². The van der Waals surface area contributed by atoms with Crippen molar-refractivity contribution in [3.8, 4) is 11.5 Å². The summed E-state index contributed by atoms with van der Waals surface area (Å²) >= 11 is 0. The van der Waals surface area contributed by atoms with Gasteiger partial charge in [0.25, 0.3) is 5.69 Å². The second kappa shape index (κ2) is 5.68. The van der Waals surface area contributed by atoms with Crippen molar-refractivity contribution < 1.29 is 14.4 Å². The first-order chi connectivity index (χ1) is 8.31. The van der Waals surface area contributed by atoms with E-state index in [-0.39, 0.29) is 12.3 Å². The van der Waals surface area contributed by atoms with E-state index in [9.17, 15) is 10.1 Å². The van der Waals surface area contributed by atoms with Gasteiger partial charge < -0.3 is 15.2 Å². The predicted octanol–water partition coefficient (Wildman–Crippen LogP) is 2.11. The van der Waals surface area contributed by atoms with E-state index in [2.05, 4.69) is 0 Å². The van der Waals surface area contributed by atoms with Gasteiger partial charge in [-0.3, -0.25) is 10.1 Å². The zero-order valence-corrected chi connectivity index (χ0v) is 10.8. The van der Waals surface area contributed by atoms with Gasteiger partial charge in [0.05, 0.1) is 23.7 Å². The molecule has 0 aromatic heterocycles. The lowest BCUT2D eigenvalue weighted by atomic mass is 10.1. The van der Waals surface area contributed by atoms with Gasteiger partial charge in [-0.1, -0.05) is 0 Å². The maximum atomic E-state index is 10.8. The Morgan fingerprint density at radius 1 is 1.28 bits per heavy atom. The van der Waals surface area contributed by atoms with Crippen LogP contribution in [0.1, 0.15) is 20.8 Å². The summed E-state index contributed by atoms with van der Waals surface area (Å²) in [5.41, 5.74) is 5.22. The van der Waals surface area contributed by atoms with E-state index in [1.807, 2.05) is 20.8 Å². The minimum Gasteiger partial charge on any atom is -0.493 e. The molecular formula is C12H18N2O4. The minimum atomic E-state index is -0.504. The smallest absolute Gasteiger partial charge is 0.276 e. The van der Waals surface area contributed by atoms with Gasteiger partial charge in [0, 0.05) is 11.6 Å². The van der Waals surface area contributed by atoms with Crippen LogP contribution in [-0.4, -0.2) is 23.7 Å². The summed E-state index contributed by atoms with van der Waals surface area (Å²) in [5.74, 6) is 0.794. The summed E-state index contributed by atoms with van der Waals surface area (Å²) in [6.07, 6.45) is 0. The number of non-ortho nitro benzene ring substituents is 1. The van der Waals surface area contributed by atoms with Crippen molar-refractivity contribution in [2.24, 2.45) is 5.73 Å². The molecule has 0 saturated heterocycles. The second-order valence-corrected chi connectivity index (χ2v) is 4.63. The molecule has 0 fully saturated rings. The van der Waals surface area contributed by atoms with Crippen LogP contribution in [0.25, 0.3) is 0 Å². The average molecular weight is 254 g/mol. The summed E-state index contributed by atoms with van der Waals surface area (Å²) in [4.78, 5) is 10.3. The summed E-state index contributed by atoms with van der Waals surface area (Å²) in [6.45, 7) is 6.13. The highest BCUT2D eigenvalue weighted by atomic mass is 16.6. The van der Waals surface area contributed by atoms with Crippen molar-refractivity contribution in [1.82, 2.24) is 0 Å². The van der Waals surface area contributed by atoms with Crippen molar-refractivity contribution in [2.45, 2.75) is 26.3 Å². The number of hydrogen-bond acceptors (Lipinski definition) is 5. The maximum Gasteiger partial charge on any atom is 0.276 e. The van der Waals surface area contributed by atoms with Crippen LogP contribution >= 0.6 is 0 Å². The highest BCUT2D eigenvalue weighted by Gasteiger charge is 2.15. The molecule has 18 heavy (non-hydrogen) atoms. The Morgan fingerprint density at radius 3 is 2.28 bits per heavy atom. The van der Waals surface area contributed by atoms with E-state index in [4.69, 9.17) is 15.2 Å². The number of rotatable bonds is 6. The molecule has 1 rings (SSSR count). The third-order valence-corrected chi connectivity index (χ3v) is 2.00. The van der Waals surface area contributed by atoms with Crippen LogP contribution in [0, 0.1) is 10.1 Å². The van der Waals surface area contributed by atoms with Crippen LogP contribution in [0.2, 0.25) is 0 Å². The normalized spacial score (nSPS) is 11.1. The molecule has 0 atom stereocenters. The standard InChI is InChI=1S/C12H18N2O4/c1-4-17-10-5-9(14(15)16)6-11(7-10)18-8-12(2,3)13/h5-7H,4,8,13H2,1-3H3. The number of nitrogens with zero attached hydrogens (tertiary/aromatic N) is 1. The van der Waals surface area contributed by atoms with Crippen molar-refractivity contribution >= 4 is 5.69 Å². The lowest BCUT2D eigenvalue weighted by Crippen LogP contribution is -2.38. The quantitative estimate of drug-likeness (QED) is 0.620. The van der Waals surface area contributed by atoms with Crippen LogP contribution in [0.5, 0.6) is 11.5 Å². The molecule has 2 N–H and O–H groups in total. The Morgan fingerprint density at radius 2 is 1.83 bits per heavy atom. The highest BCUT2D eigenvalue weighted by molar-refractivity contribution is 5.46. The molecular weight excluding hydrogens is 236 g/mol. The number of benzene rings is 1. The van der Waals surface area contributed by atoms with Crippen molar-refractivity contribution in [2.75, 3.05) is 13.2 Å². The number of nitro groups is 1. The molecule has 0 heterocycles. The number of hydrogen-bond donors (Lipinski definition) is 1. The highest BCUT2D eigenvalue weighted by Crippen LogP contribution is 2.28. The zero-order chi connectivity index (χ0) is 13.8. The molecule has 0 spiro atoms. The molecule has 0 bridgehead atoms. The predicted molar refractivity (Wildman–Crippen MR) is 68.0 cm³/mol. The Balaban J connectivity index is 2.92. The monoisotopic (exact) mass is 254 g/mol. The van der Waals surface area contributed by atoms with Crippen LogP contribution in [0.3, 0.4) is 0 Å². The fourth-order valence-electron chi connectivity index (χ4n) is 1.26. The molecule has 1 aromatic rings. The van der Waals surface area contributed by atoms with E-state index in [1.165, 1.54) is 12.1 Å². The van der Waals surface area contributed by atoms with E-state index in [0.29, 0.717) is 18.1 Å². The third-order valence-electron chi connectivity index (χ3n) is 2.00. The summed E-state index contributed by atoms with van der Waals surface area (Å²) < 4.78 is 10.7. The molecule has 0 unspecified atom stereocenters. The van der Waals surface area contributed by atoms with Gasteiger partial charge in [0.1, 0.15) is 18.1 Å². The van der Waals surface area contributed by atoms with Gasteiger partial charge in [0.15, 0.2) is 0 Å². The summed E-state index contributed by atoms with van der Waals surface area (Å²) in [6, 6.07) is 4.33. The van der Waals surface area contributed by atoms with E-state index in [1.54, 1.807) is 6.07 Å². The molecule has 100 valence electrons. The fraction of sp³-hybridized carbons (Fsp3) is 0.500. The molecule has 0 radical (unpaired) electrons. The molecule has 0 saturated carbocycles. The molecule has 1 aromatic carbocycles. The Kier molecular flexibility index (Phi) is 4.49. The largest absolute Gasteiger partial charge is 0.493 e. The van der Waals surface area contributed by atoms with Gasteiger partial charge >= 0.3 is 0 Å². The average Bonchev–Trinajstić information content (AvgIpc) is 2.25. The zero-order valence-electron chi connectivity index (χ0n) is 10.8. The molecule has 0 aliphatic rings. The maximum absolute atomic E-state index is 10.8. The van der Waals surface area contributed by atoms with Crippen LogP contribution in [0.15, 0.2) is 18.2 Å². The van der Waals surface area contributed by atoms with Gasteiger partial charge in [-0.05, 0) is 20.8 Å². The Hall–Kier alpha value is -1.82. The van der Waals surface area contributed by atoms with E-state index >= 15 is 0 Å². The van der Waals surface area contributed by atoms with Crippen molar-refractivity contribution in [1.29, 1.82) is 0 Å². The first-order valence-corrected chi connectivity index (χ1v) is 5.66. The number of nitro benzene ring substituents is 1. The number of nitrogens with two attached hydrogens (primary N) is 1. The fourth-order valence-corrected chi connectivity index (χ4v) is 1.26. The van der Waals surface area contributed by atoms with Gasteiger partial charge in [0.2, 0.25) is 0 Å². The lowest BCUT2D eigenvalue weighted by Gasteiger charge is -2.19. The van der Waals surface area contributed by atoms with Crippen molar-refractivity contribution in [3.05, 3.63) is 28.3 Å². The lowest BCUT2D eigenvalue weighted by molar-refractivity contribution is -0.385. The first kappa shape index (κ1) is 14.2. The third kappa shape index (κ3) is 4.58. The molecule has 0 aliphatic carbocycles. The van der Waals surface area contributed by atoms with Gasteiger partial charge in [-0.15, -0.1) is 0 Å². The molecule has 0 aliphatic heterocycles. The number of ether oxygens (including phenoxy) is 2. The molecule has 6 heteroatoms. The van der Waals surface area contributed by atoms with Crippen LogP contribution in [-0.2, 0) is 0 Å². The van der Waals surface area contributed by atoms with E-state index in [0.717, 1.165) is 0 Å². The second-order valence-electron chi connectivity index (χ2n) is 4.63. The first-order valence-electron chi connectivity index (χ1n) is 5.66. The van der Waals surface area contributed by atoms with Crippen LogP contribution < -0.4 is 15.2 Å². The van der Waals surface area contributed by atoms with Crippen molar-refractivity contribution in [3.63, 3.8) is 0 Å². The Bertz CT molecular complexity index is 427. The minimum absolute atomic E-state index is 0.0641. The van der Waals surface area contributed by atoms with Gasteiger partial charge in [-0.2, -0.15) is 0 Å². The van der Waals surface area contributed by atoms with Gasteiger partial charge in [-0.25, -0.2) is 0 Å². The topological polar surface area (TPSA) is 87.6 Å². The Labute approximate surface area is 106 Å².